The van der Waals surface area contributed by atoms with Crippen LogP contribution in [0.3, 0.4) is 0 Å². The number of nitrogens with zero attached hydrogens (tertiary/aromatic N) is 1. The summed E-state index contributed by atoms with van der Waals surface area (Å²) in [5, 5.41) is 19.1. The molecule has 1 amide bonds. The molecule has 1 aliphatic rings. The van der Waals surface area contributed by atoms with Crippen molar-refractivity contribution in [3.8, 4) is 5.75 Å². The van der Waals surface area contributed by atoms with Gasteiger partial charge in [-0.1, -0.05) is 11.2 Å². The van der Waals surface area contributed by atoms with Gasteiger partial charge in [-0.25, -0.2) is 9.59 Å². The Morgan fingerprint density at radius 3 is 2.52 bits per heavy atom. The molecule has 9 heteroatoms. The van der Waals surface area contributed by atoms with Crippen molar-refractivity contribution in [2.24, 2.45) is 5.16 Å². The van der Waals surface area contributed by atoms with Crippen LogP contribution in [0.2, 0.25) is 0 Å². The number of carbonyl (C=O) groups is 2. The number of anilines is 2. The Balaban J connectivity index is 1.83. The predicted octanol–water partition coefficient (Wildman–Crippen LogP) is 4.44. The lowest BCUT2D eigenvalue weighted by Gasteiger charge is -2.16. The van der Waals surface area contributed by atoms with E-state index in [9.17, 15) is 14.8 Å². The number of esters is 1. The second kappa shape index (κ2) is 11.2. The summed E-state index contributed by atoms with van der Waals surface area (Å²) in [5.41, 5.74) is 3.22. The molecule has 0 aliphatic heterocycles. The van der Waals surface area contributed by atoms with Gasteiger partial charge in [0.05, 0.1) is 25.5 Å². The van der Waals surface area contributed by atoms with Crippen LogP contribution in [0.15, 0.2) is 41.6 Å². The summed E-state index contributed by atoms with van der Waals surface area (Å²) >= 11 is 0. The van der Waals surface area contributed by atoms with Gasteiger partial charge in [0.2, 0.25) is 0 Å². The average molecular weight is 456 g/mol. The van der Waals surface area contributed by atoms with E-state index in [1.54, 1.807) is 43.4 Å². The van der Waals surface area contributed by atoms with Crippen LogP contribution in [0.25, 0.3) is 0 Å². The number of hydrogen-bond acceptors (Lipinski definition) is 8. The van der Waals surface area contributed by atoms with E-state index in [2.05, 4.69) is 15.8 Å². The Morgan fingerprint density at radius 1 is 1.12 bits per heavy atom. The molecule has 0 heterocycles. The van der Waals surface area contributed by atoms with Gasteiger partial charge in [0.15, 0.2) is 0 Å². The molecule has 0 saturated heterocycles. The van der Waals surface area contributed by atoms with E-state index < -0.39 is 12.1 Å². The van der Waals surface area contributed by atoms with Crippen molar-refractivity contribution in [2.75, 3.05) is 31.9 Å². The first kappa shape index (κ1) is 23.9. The Labute approximate surface area is 192 Å². The van der Waals surface area contributed by atoms with Gasteiger partial charge in [0.25, 0.3) is 0 Å². The van der Waals surface area contributed by atoms with Crippen LogP contribution in [0.5, 0.6) is 5.75 Å². The molecule has 2 aromatic carbocycles. The highest BCUT2D eigenvalue weighted by atomic mass is 16.6. The van der Waals surface area contributed by atoms with Crippen molar-refractivity contribution in [3.05, 3.63) is 53.1 Å². The maximum absolute atomic E-state index is 12.3. The lowest BCUT2D eigenvalue weighted by Crippen LogP contribution is -2.20. The monoisotopic (exact) mass is 455 g/mol. The predicted molar refractivity (Wildman–Crippen MR) is 125 cm³/mol. The molecule has 0 atom stereocenters. The van der Waals surface area contributed by atoms with Crippen LogP contribution in [-0.4, -0.2) is 50.4 Å². The highest BCUT2D eigenvalue weighted by Crippen LogP contribution is 2.27. The SMILES string of the molecule is CNc1ccc(NC(=O)OC2CCCC2)cc1/C(Cc1ccc(C(=O)OC)cc1OC)=N/O. The highest BCUT2D eigenvalue weighted by Gasteiger charge is 2.20. The highest BCUT2D eigenvalue weighted by molar-refractivity contribution is 6.07. The molecule has 1 aliphatic carbocycles. The number of carbonyl (C=O) groups excluding carboxylic acids is 2. The first-order chi connectivity index (χ1) is 16.0. The molecular weight excluding hydrogens is 426 g/mol. The lowest BCUT2D eigenvalue weighted by molar-refractivity contribution is 0.0600. The van der Waals surface area contributed by atoms with Crippen molar-refractivity contribution in [1.29, 1.82) is 0 Å². The summed E-state index contributed by atoms with van der Waals surface area (Å²) in [5.74, 6) is -0.0175. The van der Waals surface area contributed by atoms with E-state index in [0.717, 1.165) is 25.7 Å². The number of oxime groups is 1. The van der Waals surface area contributed by atoms with E-state index in [-0.39, 0.29) is 12.5 Å². The van der Waals surface area contributed by atoms with Crippen LogP contribution in [0.1, 0.15) is 47.2 Å². The van der Waals surface area contributed by atoms with Gasteiger partial charge in [0.1, 0.15) is 11.9 Å². The number of methoxy groups -OCH3 is 2. The van der Waals surface area contributed by atoms with Gasteiger partial charge < -0.3 is 24.7 Å². The zero-order valence-electron chi connectivity index (χ0n) is 19.0. The topological polar surface area (TPSA) is 118 Å². The van der Waals surface area contributed by atoms with E-state index in [4.69, 9.17) is 14.2 Å². The van der Waals surface area contributed by atoms with Crippen LogP contribution >= 0.6 is 0 Å². The largest absolute Gasteiger partial charge is 0.496 e. The molecule has 0 spiro atoms. The quantitative estimate of drug-likeness (QED) is 0.233. The Hall–Kier alpha value is -3.75. The molecule has 3 rings (SSSR count). The van der Waals surface area contributed by atoms with Crippen LogP contribution in [-0.2, 0) is 15.9 Å². The summed E-state index contributed by atoms with van der Waals surface area (Å²) in [4.78, 5) is 24.1. The first-order valence-electron chi connectivity index (χ1n) is 10.7. The second-order valence-electron chi connectivity index (χ2n) is 7.69. The minimum absolute atomic E-state index is 0.0453. The van der Waals surface area contributed by atoms with E-state index in [1.165, 1.54) is 14.2 Å². The normalized spacial score (nSPS) is 14.0. The van der Waals surface area contributed by atoms with Crippen LogP contribution in [0, 0.1) is 0 Å². The molecular formula is C24H29N3O6. The Kier molecular flexibility index (Phi) is 8.12. The molecule has 33 heavy (non-hydrogen) atoms. The number of rotatable bonds is 8. The summed E-state index contributed by atoms with van der Waals surface area (Å²) < 4.78 is 15.6. The molecule has 1 saturated carbocycles. The summed E-state index contributed by atoms with van der Waals surface area (Å²) in [6, 6.07) is 10.2. The fourth-order valence-electron chi connectivity index (χ4n) is 3.88. The van der Waals surface area contributed by atoms with Crippen molar-refractivity contribution < 1.29 is 29.0 Å². The first-order valence-corrected chi connectivity index (χ1v) is 10.7. The number of nitrogens with one attached hydrogen (secondary N) is 2. The van der Waals surface area contributed by atoms with Gasteiger partial charge in [-0.15, -0.1) is 0 Å². The molecule has 2 aromatic rings. The second-order valence-corrected chi connectivity index (χ2v) is 7.69. The minimum Gasteiger partial charge on any atom is -0.496 e. The third kappa shape index (κ3) is 5.94. The number of benzene rings is 2. The molecule has 3 N–H and O–H groups in total. The summed E-state index contributed by atoms with van der Waals surface area (Å²) in [6.45, 7) is 0. The van der Waals surface area contributed by atoms with Gasteiger partial charge in [0, 0.05) is 36.0 Å². The molecule has 9 nitrogen and oxygen atoms in total. The van der Waals surface area contributed by atoms with Gasteiger partial charge in [-0.2, -0.15) is 0 Å². The minimum atomic E-state index is -0.507. The Morgan fingerprint density at radius 2 is 1.88 bits per heavy atom. The zero-order chi connectivity index (χ0) is 23.8. The fraction of sp³-hybridized carbons (Fsp3) is 0.375. The summed E-state index contributed by atoms with van der Waals surface area (Å²) in [6.07, 6.45) is 3.57. The van der Waals surface area contributed by atoms with Crippen molar-refractivity contribution in [2.45, 2.75) is 38.2 Å². The van der Waals surface area contributed by atoms with Gasteiger partial charge in [-0.05, 0) is 56.0 Å². The third-order valence-electron chi connectivity index (χ3n) is 5.61. The molecule has 0 bridgehead atoms. The Bertz CT molecular complexity index is 1030. The average Bonchev–Trinajstić information content (AvgIpc) is 3.34. The van der Waals surface area contributed by atoms with Crippen molar-refractivity contribution in [3.63, 3.8) is 0 Å². The fourth-order valence-corrected chi connectivity index (χ4v) is 3.88. The summed E-state index contributed by atoms with van der Waals surface area (Å²) in [7, 11) is 4.55. The van der Waals surface area contributed by atoms with E-state index in [0.29, 0.717) is 39.5 Å². The zero-order valence-corrected chi connectivity index (χ0v) is 19.0. The lowest BCUT2D eigenvalue weighted by atomic mass is 9.98. The van der Waals surface area contributed by atoms with E-state index >= 15 is 0 Å². The number of hydrogen-bond donors (Lipinski definition) is 3. The third-order valence-corrected chi connectivity index (χ3v) is 5.61. The van der Waals surface area contributed by atoms with Gasteiger partial charge in [-0.3, -0.25) is 5.32 Å². The van der Waals surface area contributed by atoms with E-state index in [1.807, 2.05) is 0 Å². The molecule has 176 valence electrons. The molecule has 0 aromatic heterocycles. The van der Waals surface area contributed by atoms with Crippen LogP contribution in [0.4, 0.5) is 16.2 Å². The smallest absolute Gasteiger partial charge is 0.411 e. The van der Waals surface area contributed by atoms with Crippen molar-refractivity contribution in [1.82, 2.24) is 0 Å². The van der Waals surface area contributed by atoms with Crippen molar-refractivity contribution >= 4 is 29.1 Å². The maximum Gasteiger partial charge on any atom is 0.411 e. The van der Waals surface area contributed by atoms with Gasteiger partial charge >= 0.3 is 12.1 Å². The standard InChI is InChI=1S/C24H29N3O6/c1-25-20-11-10-17(26-24(29)33-18-6-4-5-7-18)14-19(20)21(27-30)12-15-8-9-16(23(28)32-3)13-22(15)31-2/h8-11,13-14,18,25,30H,4-7,12H2,1-3H3,(H,26,29)/b27-21+. The van der Waals surface area contributed by atoms with Crippen LogP contribution < -0.4 is 15.4 Å². The molecule has 0 unspecified atom stereocenters. The number of ether oxygens (including phenoxy) is 3. The number of amides is 1. The maximum atomic E-state index is 12.3. The molecule has 0 radical (unpaired) electrons. The molecule has 1 fully saturated rings.